The summed E-state index contributed by atoms with van der Waals surface area (Å²) in [7, 11) is 0. The summed E-state index contributed by atoms with van der Waals surface area (Å²) in [5, 5.41) is 11.4. The number of aromatic nitrogens is 2. The zero-order valence-electron chi connectivity index (χ0n) is 19.8. The first kappa shape index (κ1) is 23.4. The van der Waals surface area contributed by atoms with Crippen LogP contribution >= 0.6 is 0 Å². The molecule has 3 aromatic carbocycles. The van der Waals surface area contributed by atoms with Crippen molar-refractivity contribution in [2.24, 2.45) is 5.10 Å². The lowest BCUT2D eigenvalue weighted by atomic mass is 10.0. The third-order valence-corrected chi connectivity index (χ3v) is 5.94. The molecule has 0 bridgehead atoms. The van der Waals surface area contributed by atoms with E-state index in [-0.39, 0.29) is 5.91 Å². The summed E-state index contributed by atoms with van der Waals surface area (Å²) in [5.74, 6) is -0.0468. The molecule has 5 heteroatoms. The number of para-hydroxylation sites is 1. The molecule has 1 aromatic heterocycles. The van der Waals surface area contributed by atoms with E-state index in [1.807, 2.05) is 53.3 Å². The number of rotatable bonds is 11. The molecule has 0 aliphatic rings. The molecule has 0 spiro atoms. The number of nitrogens with zero attached hydrogens (tertiary/aromatic N) is 3. The van der Waals surface area contributed by atoms with Crippen molar-refractivity contribution in [3.8, 4) is 16.9 Å². The van der Waals surface area contributed by atoms with Gasteiger partial charge in [-0.25, -0.2) is 10.1 Å². The number of benzene rings is 3. The van der Waals surface area contributed by atoms with Crippen LogP contribution in [0, 0.1) is 0 Å². The molecule has 0 unspecified atom stereocenters. The number of amides is 1. The van der Waals surface area contributed by atoms with Crippen LogP contribution in [0.2, 0.25) is 0 Å². The lowest BCUT2D eigenvalue weighted by Gasteiger charge is -2.03. The molecule has 4 aromatic rings. The van der Waals surface area contributed by atoms with E-state index in [0.29, 0.717) is 6.42 Å². The number of carbonyl (C=O) groups excluding carboxylic acids is 1. The van der Waals surface area contributed by atoms with E-state index >= 15 is 0 Å². The van der Waals surface area contributed by atoms with Gasteiger partial charge in [0.15, 0.2) is 0 Å². The molecule has 174 valence electrons. The smallest absolute Gasteiger partial charge is 0.240 e. The molecule has 34 heavy (non-hydrogen) atoms. The van der Waals surface area contributed by atoms with Crippen LogP contribution in [-0.4, -0.2) is 21.9 Å². The number of carbonyl (C=O) groups is 1. The molecule has 0 atom stereocenters. The minimum atomic E-state index is -0.0468. The second-order valence-corrected chi connectivity index (χ2v) is 8.59. The quantitative estimate of drug-likeness (QED) is 0.153. The SMILES string of the molecule is CCCCCCCCC(=O)NN=Cc1cn(-c2ccccc2)nc1-c1ccc2ccccc2c1. The van der Waals surface area contributed by atoms with Crippen molar-refractivity contribution in [3.63, 3.8) is 0 Å². The lowest BCUT2D eigenvalue weighted by molar-refractivity contribution is -0.121. The van der Waals surface area contributed by atoms with Crippen molar-refractivity contribution in [1.82, 2.24) is 15.2 Å². The predicted octanol–water partition coefficient (Wildman–Crippen LogP) is 6.89. The highest BCUT2D eigenvalue weighted by Crippen LogP contribution is 2.26. The van der Waals surface area contributed by atoms with Crippen LogP contribution in [0.5, 0.6) is 0 Å². The van der Waals surface area contributed by atoms with E-state index in [1.165, 1.54) is 31.1 Å². The summed E-state index contributed by atoms with van der Waals surface area (Å²) in [5.41, 5.74) is 6.33. The molecule has 1 heterocycles. The Hall–Kier alpha value is -3.73. The van der Waals surface area contributed by atoms with E-state index in [4.69, 9.17) is 5.10 Å². The number of fused-ring (bicyclic) bond motifs is 1. The molecular formula is C29H32N4O. The Morgan fingerprint density at radius 3 is 2.47 bits per heavy atom. The van der Waals surface area contributed by atoms with Crippen molar-refractivity contribution in [1.29, 1.82) is 0 Å². The maximum Gasteiger partial charge on any atom is 0.240 e. The Morgan fingerprint density at radius 2 is 1.65 bits per heavy atom. The van der Waals surface area contributed by atoms with Gasteiger partial charge < -0.3 is 0 Å². The maximum absolute atomic E-state index is 12.2. The average molecular weight is 453 g/mol. The fourth-order valence-corrected chi connectivity index (χ4v) is 4.05. The molecular weight excluding hydrogens is 420 g/mol. The molecule has 0 saturated carbocycles. The van der Waals surface area contributed by atoms with Crippen molar-refractivity contribution >= 4 is 22.9 Å². The third-order valence-electron chi connectivity index (χ3n) is 5.94. The van der Waals surface area contributed by atoms with E-state index in [1.54, 1.807) is 6.21 Å². The van der Waals surface area contributed by atoms with Gasteiger partial charge in [-0.3, -0.25) is 4.79 Å². The van der Waals surface area contributed by atoms with Crippen LogP contribution in [-0.2, 0) is 4.79 Å². The Bertz CT molecular complexity index is 1240. The number of hydrogen-bond acceptors (Lipinski definition) is 3. The molecule has 0 radical (unpaired) electrons. The second-order valence-electron chi connectivity index (χ2n) is 8.59. The van der Waals surface area contributed by atoms with Gasteiger partial charge >= 0.3 is 0 Å². The van der Waals surface area contributed by atoms with Gasteiger partial charge in [-0.05, 0) is 35.4 Å². The minimum absolute atomic E-state index is 0.0468. The number of hydrogen-bond donors (Lipinski definition) is 1. The Kier molecular flexibility index (Phi) is 8.22. The minimum Gasteiger partial charge on any atom is -0.273 e. The van der Waals surface area contributed by atoms with Crippen LogP contribution in [0.15, 0.2) is 84.1 Å². The number of unbranched alkanes of at least 4 members (excludes halogenated alkanes) is 5. The second kappa shape index (κ2) is 11.9. The Morgan fingerprint density at radius 1 is 0.912 bits per heavy atom. The Labute approximate surface area is 201 Å². The summed E-state index contributed by atoms with van der Waals surface area (Å²) < 4.78 is 1.85. The van der Waals surface area contributed by atoms with E-state index in [0.717, 1.165) is 40.7 Å². The standard InChI is InChI=1S/C29H32N4O/c1-2-3-4-5-6-10-17-28(34)31-30-21-26-22-33(27-15-8-7-9-16-27)32-29(26)25-19-18-23-13-11-12-14-24(23)20-25/h7-9,11-16,18-22H,2-6,10,17H2,1H3,(H,31,34). The van der Waals surface area contributed by atoms with Crippen molar-refractivity contribution in [2.45, 2.75) is 51.9 Å². The number of hydrazone groups is 1. The monoisotopic (exact) mass is 452 g/mol. The van der Waals surface area contributed by atoms with Crippen molar-refractivity contribution in [2.75, 3.05) is 0 Å². The summed E-state index contributed by atoms with van der Waals surface area (Å²) in [6.45, 7) is 2.21. The van der Waals surface area contributed by atoms with Gasteiger partial charge in [0.1, 0.15) is 5.69 Å². The van der Waals surface area contributed by atoms with E-state index in [9.17, 15) is 4.79 Å². The first-order valence-electron chi connectivity index (χ1n) is 12.2. The van der Waals surface area contributed by atoms with Gasteiger partial charge in [0, 0.05) is 23.7 Å². The zero-order valence-corrected chi connectivity index (χ0v) is 19.8. The van der Waals surface area contributed by atoms with Gasteiger partial charge in [-0.2, -0.15) is 10.2 Å². The highest BCUT2D eigenvalue weighted by Gasteiger charge is 2.12. The molecule has 4 rings (SSSR count). The van der Waals surface area contributed by atoms with Gasteiger partial charge in [0.2, 0.25) is 5.91 Å². The molecule has 0 fully saturated rings. The predicted molar refractivity (Wildman–Crippen MR) is 140 cm³/mol. The highest BCUT2D eigenvalue weighted by molar-refractivity contribution is 5.93. The normalized spacial score (nSPS) is 11.3. The highest BCUT2D eigenvalue weighted by atomic mass is 16.2. The summed E-state index contributed by atoms with van der Waals surface area (Å²) in [6, 6.07) is 24.6. The molecule has 1 amide bonds. The fraction of sp³-hybridized carbons (Fsp3) is 0.276. The molecule has 1 N–H and O–H groups in total. The first-order chi connectivity index (χ1) is 16.7. The Balaban J connectivity index is 1.50. The molecule has 0 aliphatic carbocycles. The molecule has 0 saturated heterocycles. The van der Waals surface area contributed by atoms with Crippen molar-refractivity contribution < 1.29 is 4.79 Å². The van der Waals surface area contributed by atoms with Crippen molar-refractivity contribution in [3.05, 3.63) is 84.6 Å². The first-order valence-corrected chi connectivity index (χ1v) is 12.2. The largest absolute Gasteiger partial charge is 0.273 e. The van der Waals surface area contributed by atoms with Gasteiger partial charge in [0.05, 0.1) is 11.9 Å². The summed E-state index contributed by atoms with van der Waals surface area (Å²) in [4.78, 5) is 12.2. The third kappa shape index (κ3) is 6.19. The van der Waals surface area contributed by atoms with Crippen LogP contribution in [0.25, 0.3) is 27.7 Å². The fourth-order valence-electron chi connectivity index (χ4n) is 4.05. The van der Waals surface area contributed by atoms with Gasteiger partial charge in [0.25, 0.3) is 0 Å². The van der Waals surface area contributed by atoms with Crippen LogP contribution < -0.4 is 5.43 Å². The van der Waals surface area contributed by atoms with E-state index < -0.39 is 0 Å². The maximum atomic E-state index is 12.2. The summed E-state index contributed by atoms with van der Waals surface area (Å²) >= 11 is 0. The summed E-state index contributed by atoms with van der Waals surface area (Å²) in [6.07, 6.45) is 11.1. The van der Waals surface area contributed by atoms with E-state index in [2.05, 4.69) is 47.8 Å². The van der Waals surface area contributed by atoms with Crippen LogP contribution in [0.1, 0.15) is 57.4 Å². The lowest BCUT2D eigenvalue weighted by Crippen LogP contribution is -2.16. The molecule has 5 nitrogen and oxygen atoms in total. The molecule has 0 aliphatic heterocycles. The van der Waals surface area contributed by atoms with Crippen LogP contribution in [0.3, 0.4) is 0 Å². The van der Waals surface area contributed by atoms with Gasteiger partial charge in [-0.1, -0.05) is 93.6 Å². The average Bonchev–Trinajstić information content (AvgIpc) is 3.30. The number of nitrogens with one attached hydrogen (secondary N) is 1. The van der Waals surface area contributed by atoms with Gasteiger partial charge in [-0.15, -0.1) is 0 Å². The van der Waals surface area contributed by atoms with Crippen LogP contribution in [0.4, 0.5) is 0 Å². The zero-order chi connectivity index (χ0) is 23.6. The topological polar surface area (TPSA) is 59.3 Å².